The Hall–Kier alpha value is -1.64. The summed E-state index contributed by atoms with van der Waals surface area (Å²) in [6.45, 7) is 4.50. The molecular weight excluding hydrogens is 274 g/mol. The van der Waals surface area contributed by atoms with Gasteiger partial charge in [0.05, 0.1) is 0 Å². The first-order chi connectivity index (χ1) is 10.3. The van der Waals surface area contributed by atoms with Crippen molar-refractivity contribution in [2.75, 3.05) is 0 Å². The number of fused-ring (bicyclic) bond motifs is 1. The van der Waals surface area contributed by atoms with Crippen LogP contribution in [0, 0.1) is 0 Å². The molecule has 1 N–H and O–H groups in total. The molecule has 0 radical (unpaired) electrons. The fraction of sp³-hybridized carbons (Fsp3) is 0.263. The van der Waals surface area contributed by atoms with Gasteiger partial charge in [-0.2, -0.15) is 0 Å². The highest BCUT2D eigenvalue weighted by Gasteiger charge is 2.15. The molecule has 1 heterocycles. The summed E-state index contributed by atoms with van der Waals surface area (Å²) < 4.78 is 1.37. The third kappa shape index (κ3) is 3.17. The van der Waals surface area contributed by atoms with E-state index in [0.717, 1.165) is 6.42 Å². The second-order valence-electron chi connectivity index (χ2n) is 5.45. The van der Waals surface area contributed by atoms with Crippen molar-refractivity contribution in [2.45, 2.75) is 32.4 Å². The standard InChI is InChI=1S/C19H21NS/c1-3-17(15-9-5-4-6-10-15)20-14(2)19-13-16-11-7-8-12-18(16)21-19/h4-14,17,20H,3H2,1-2H3. The Balaban J connectivity index is 1.79. The Labute approximate surface area is 130 Å². The molecule has 21 heavy (non-hydrogen) atoms. The minimum absolute atomic E-state index is 0.368. The topological polar surface area (TPSA) is 12.0 Å². The van der Waals surface area contributed by atoms with E-state index >= 15 is 0 Å². The van der Waals surface area contributed by atoms with Crippen molar-refractivity contribution in [3.8, 4) is 0 Å². The SMILES string of the molecule is CCC(NC(C)c1cc2ccccc2s1)c1ccccc1. The molecule has 0 aliphatic rings. The summed E-state index contributed by atoms with van der Waals surface area (Å²) in [7, 11) is 0. The first kappa shape index (κ1) is 14.3. The minimum Gasteiger partial charge on any atom is -0.303 e. The van der Waals surface area contributed by atoms with Crippen LogP contribution < -0.4 is 5.32 Å². The van der Waals surface area contributed by atoms with Crippen LogP contribution in [0.2, 0.25) is 0 Å². The van der Waals surface area contributed by atoms with E-state index in [1.165, 1.54) is 20.5 Å². The fourth-order valence-electron chi connectivity index (χ4n) is 2.73. The molecule has 0 fully saturated rings. The normalized spacial score (nSPS) is 14.2. The van der Waals surface area contributed by atoms with Gasteiger partial charge in [-0.05, 0) is 36.4 Å². The van der Waals surface area contributed by atoms with Gasteiger partial charge >= 0.3 is 0 Å². The molecule has 108 valence electrons. The van der Waals surface area contributed by atoms with E-state index in [4.69, 9.17) is 0 Å². The van der Waals surface area contributed by atoms with Crippen LogP contribution in [0.5, 0.6) is 0 Å². The van der Waals surface area contributed by atoms with E-state index in [0.29, 0.717) is 12.1 Å². The van der Waals surface area contributed by atoms with Crippen molar-refractivity contribution in [2.24, 2.45) is 0 Å². The van der Waals surface area contributed by atoms with Crippen LogP contribution in [0.3, 0.4) is 0 Å². The number of benzene rings is 2. The maximum Gasteiger partial charge on any atom is 0.0391 e. The van der Waals surface area contributed by atoms with Gasteiger partial charge in [0.15, 0.2) is 0 Å². The van der Waals surface area contributed by atoms with Crippen LogP contribution in [0.4, 0.5) is 0 Å². The molecule has 1 nitrogen and oxygen atoms in total. The van der Waals surface area contributed by atoms with Gasteiger partial charge in [0.2, 0.25) is 0 Å². The van der Waals surface area contributed by atoms with Gasteiger partial charge in [0, 0.05) is 21.7 Å². The van der Waals surface area contributed by atoms with E-state index in [-0.39, 0.29) is 0 Å². The number of hydrogen-bond acceptors (Lipinski definition) is 2. The summed E-state index contributed by atoms with van der Waals surface area (Å²) in [5.41, 5.74) is 1.37. The Morgan fingerprint density at radius 2 is 1.71 bits per heavy atom. The van der Waals surface area contributed by atoms with Crippen LogP contribution in [0.1, 0.15) is 42.8 Å². The molecule has 0 saturated carbocycles. The Bertz CT molecular complexity index is 669. The Kier molecular flexibility index (Phi) is 4.37. The van der Waals surface area contributed by atoms with E-state index in [1.807, 2.05) is 11.3 Å². The summed E-state index contributed by atoms with van der Waals surface area (Å²) in [6, 6.07) is 22.4. The first-order valence-corrected chi connectivity index (χ1v) is 8.39. The van der Waals surface area contributed by atoms with Gasteiger partial charge in [-0.15, -0.1) is 11.3 Å². The van der Waals surface area contributed by atoms with Crippen LogP contribution in [0.15, 0.2) is 60.7 Å². The average molecular weight is 295 g/mol. The number of hydrogen-bond donors (Lipinski definition) is 1. The molecule has 0 amide bonds. The van der Waals surface area contributed by atoms with Gasteiger partial charge < -0.3 is 5.32 Å². The highest BCUT2D eigenvalue weighted by molar-refractivity contribution is 7.19. The highest BCUT2D eigenvalue weighted by atomic mass is 32.1. The summed E-state index contributed by atoms with van der Waals surface area (Å²) >= 11 is 1.89. The second kappa shape index (κ2) is 6.42. The molecule has 2 unspecified atom stereocenters. The predicted molar refractivity (Wildman–Crippen MR) is 92.8 cm³/mol. The molecule has 2 aromatic carbocycles. The molecule has 1 aromatic heterocycles. The molecule has 3 aromatic rings. The molecule has 0 aliphatic carbocycles. The zero-order chi connectivity index (χ0) is 14.7. The van der Waals surface area contributed by atoms with Crippen LogP contribution >= 0.6 is 11.3 Å². The third-order valence-corrected chi connectivity index (χ3v) is 5.23. The second-order valence-corrected chi connectivity index (χ2v) is 6.56. The molecule has 0 bridgehead atoms. The largest absolute Gasteiger partial charge is 0.303 e. The maximum atomic E-state index is 3.77. The monoisotopic (exact) mass is 295 g/mol. The maximum absolute atomic E-state index is 3.77. The number of rotatable bonds is 5. The molecular formula is C19H21NS. The van der Waals surface area contributed by atoms with Gasteiger partial charge in [-0.1, -0.05) is 55.5 Å². The highest BCUT2D eigenvalue weighted by Crippen LogP contribution is 2.31. The van der Waals surface area contributed by atoms with Crippen molar-refractivity contribution in [1.82, 2.24) is 5.32 Å². The lowest BCUT2D eigenvalue weighted by molar-refractivity contribution is 0.461. The average Bonchev–Trinajstić information content (AvgIpc) is 2.97. The molecule has 0 spiro atoms. The lowest BCUT2D eigenvalue weighted by atomic mass is 10.0. The van der Waals surface area contributed by atoms with Crippen LogP contribution in [-0.2, 0) is 0 Å². The lowest BCUT2D eigenvalue weighted by Gasteiger charge is -2.22. The van der Waals surface area contributed by atoms with E-state index < -0.39 is 0 Å². The van der Waals surface area contributed by atoms with E-state index in [2.05, 4.69) is 79.8 Å². The van der Waals surface area contributed by atoms with E-state index in [1.54, 1.807) is 0 Å². The van der Waals surface area contributed by atoms with Gasteiger partial charge in [-0.3, -0.25) is 0 Å². The smallest absolute Gasteiger partial charge is 0.0391 e. The lowest BCUT2D eigenvalue weighted by Crippen LogP contribution is -2.23. The van der Waals surface area contributed by atoms with Gasteiger partial charge in [0.25, 0.3) is 0 Å². The van der Waals surface area contributed by atoms with Crippen molar-refractivity contribution in [1.29, 1.82) is 0 Å². The molecule has 3 rings (SSSR count). The Morgan fingerprint density at radius 3 is 2.43 bits per heavy atom. The van der Waals surface area contributed by atoms with Crippen LogP contribution in [0.25, 0.3) is 10.1 Å². The summed E-state index contributed by atoms with van der Waals surface area (Å²) in [6.07, 6.45) is 1.10. The summed E-state index contributed by atoms with van der Waals surface area (Å²) in [5, 5.41) is 5.12. The molecule has 0 saturated heterocycles. The minimum atomic E-state index is 0.368. The van der Waals surface area contributed by atoms with Crippen molar-refractivity contribution in [3.63, 3.8) is 0 Å². The van der Waals surface area contributed by atoms with Crippen molar-refractivity contribution >= 4 is 21.4 Å². The molecule has 2 atom stereocenters. The third-order valence-electron chi connectivity index (χ3n) is 3.93. The zero-order valence-corrected chi connectivity index (χ0v) is 13.4. The number of thiophene rings is 1. The van der Waals surface area contributed by atoms with Crippen LogP contribution in [-0.4, -0.2) is 0 Å². The summed E-state index contributed by atoms with van der Waals surface area (Å²) in [5.74, 6) is 0. The predicted octanol–water partition coefficient (Wildman–Crippen LogP) is 5.70. The zero-order valence-electron chi connectivity index (χ0n) is 12.5. The molecule has 0 aliphatic heterocycles. The van der Waals surface area contributed by atoms with Gasteiger partial charge in [-0.25, -0.2) is 0 Å². The van der Waals surface area contributed by atoms with Crippen molar-refractivity contribution in [3.05, 3.63) is 71.1 Å². The van der Waals surface area contributed by atoms with E-state index in [9.17, 15) is 0 Å². The van der Waals surface area contributed by atoms with Gasteiger partial charge in [0.1, 0.15) is 0 Å². The summed E-state index contributed by atoms with van der Waals surface area (Å²) in [4.78, 5) is 1.41. The van der Waals surface area contributed by atoms with Crippen molar-refractivity contribution < 1.29 is 0 Å². The quantitative estimate of drug-likeness (QED) is 0.636. The molecule has 2 heteroatoms. The Morgan fingerprint density at radius 1 is 1.00 bits per heavy atom. The fourth-order valence-corrected chi connectivity index (χ4v) is 3.81. The number of nitrogens with one attached hydrogen (secondary N) is 1. The first-order valence-electron chi connectivity index (χ1n) is 7.57.